The average Bonchev–Trinajstić information content (AvgIpc) is 3.86. The Morgan fingerprint density at radius 2 is 0.845 bits per heavy atom. The molecule has 0 aliphatic carbocycles. The first-order valence-electron chi connectivity index (χ1n) is 19.5. The zero-order valence-corrected chi connectivity index (χ0v) is 31.2. The van der Waals surface area contributed by atoms with Gasteiger partial charge in [0.1, 0.15) is 5.65 Å². The largest absolute Gasteiger partial charge is 0.309 e. The Kier molecular flexibility index (Phi) is 7.13. The van der Waals surface area contributed by atoms with Crippen molar-refractivity contribution in [2.45, 2.75) is 0 Å². The molecular weight excluding hydrogens is 709 g/mol. The Balaban J connectivity index is 1.00. The first-order chi connectivity index (χ1) is 28.8. The van der Waals surface area contributed by atoms with Crippen molar-refractivity contribution < 1.29 is 0 Å². The monoisotopic (exact) mass is 740 g/mol. The molecule has 4 aromatic heterocycles. The molecule has 270 valence electrons. The molecule has 0 saturated carbocycles. The fraction of sp³-hybridized carbons (Fsp3) is 0. The van der Waals surface area contributed by atoms with Crippen LogP contribution in [0.1, 0.15) is 0 Å². The number of benzene rings is 8. The van der Waals surface area contributed by atoms with Crippen molar-refractivity contribution in [1.82, 2.24) is 28.9 Å². The molecule has 0 atom stereocenters. The van der Waals surface area contributed by atoms with Gasteiger partial charge < -0.3 is 4.57 Å². The van der Waals surface area contributed by atoms with Crippen LogP contribution in [-0.2, 0) is 0 Å². The summed E-state index contributed by atoms with van der Waals surface area (Å²) in [5.41, 5.74) is 12.7. The van der Waals surface area contributed by atoms with E-state index in [4.69, 9.17) is 19.9 Å². The maximum Gasteiger partial charge on any atom is 0.164 e. The van der Waals surface area contributed by atoms with E-state index < -0.39 is 0 Å². The number of nitrogens with zero attached hydrogens (tertiary/aromatic N) is 6. The lowest BCUT2D eigenvalue weighted by atomic mass is 10.00. The molecular formula is C52H32N6. The van der Waals surface area contributed by atoms with Crippen LogP contribution in [0.4, 0.5) is 0 Å². The predicted molar refractivity (Wildman–Crippen MR) is 237 cm³/mol. The van der Waals surface area contributed by atoms with E-state index in [0.29, 0.717) is 17.5 Å². The summed E-state index contributed by atoms with van der Waals surface area (Å²) in [6, 6.07) is 68.0. The zero-order chi connectivity index (χ0) is 38.2. The van der Waals surface area contributed by atoms with Crippen molar-refractivity contribution in [2.24, 2.45) is 0 Å². The van der Waals surface area contributed by atoms with Gasteiger partial charge in [0, 0.05) is 49.3 Å². The molecule has 6 nitrogen and oxygen atoms in total. The Morgan fingerprint density at radius 1 is 0.310 bits per heavy atom. The summed E-state index contributed by atoms with van der Waals surface area (Å²) in [6.45, 7) is 0. The standard InChI is InChI=1S/C52H32N6/c1-3-14-34(15-4-1)49-54-50(35-16-5-2-6-17-35)56-51(55-49)36-28-26-33(27-29-36)37-18-13-19-38(32-37)57-43-23-10-8-21-40(43)48-46(57)31-30-41-47(48)39-20-7-11-24-44(39)58-45-25-12-9-22-42(45)53-52(41)58/h1-32H. The molecule has 6 heteroatoms. The number of hydrogen-bond donors (Lipinski definition) is 0. The van der Waals surface area contributed by atoms with Crippen molar-refractivity contribution in [1.29, 1.82) is 0 Å². The first-order valence-corrected chi connectivity index (χ1v) is 19.5. The number of para-hydroxylation sites is 4. The van der Waals surface area contributed by atoms with Gasteiger partial charge in [0.25, 0.3) is 0 Å². The van der Waals surface area contributed by atoms with Crippen LogP contribution >= 0.6 is 0 Å². The molecule has 12 aromatic rings. The molecule has 0 aliphatic heterocycles. The van der Waals surface area contributed by atoms with Gasteiger partial charge in [0.15, 0.2) is 17.5 Å². The van der Waals surface area contributed by atoms with Gasteiger partial charge in [-0.25, -0.2) is 19.9 Å². The molecule has 12 rings (SSSR count). The number of hydrogen-bond acceptors (Lipinski definition) is 4. The number of aromatic nitrogens is 6. The summed E-state index contributed by atoms with van der Waals surface area (Å²) in [4.78, 5) is 20.0. The highest BCUT2D eigenvalue weighted by atomic mass is 15.0. The van der Waals surface area contributed by atoms with Gasteiger partial charge in [-0.1, -0.05) is 146 Å². The third-order valence-corrected chi connectivity index (χ3v) is 11.3. The minimum absolute atomic E-state index is 0.638. The van der Waals surface area contributed by atoms with Gasteiger partial charge in [-0.15, -0.1) is 0 Å². The second-order valence-electron chi connectivity index (χ2n) is 14.7. The summed E-state index contributed by atoms with van der Waals surface area (Å²) in [6.07, 6.45) is 0. The van der Waals surface area contributed by atoms with E-state index in [0.717, 1.165) is 72.1 Å². The van der Waals surface area contributed by atoms with Crippen LogP contribution in [0.3, 0.4) is 0 Å². The van der Waals surface area contributed by atoms with Crippen molar-refractivity contribution in [3.8, 4) is 51.0 Å². The molecule has 0 N–H and O–H groups in total. The molecule has 0 amide bonds. The van der Waals surface area contributed by atoms with E-state index in [-0.39, 0.29) is 0 Å². The highest BCUT2D eigenvalue weighted by Crippen LogP contribution is 2.42. The zero-order valence-electron chi connectivity index (χ0n) is 31.2. The summed E-state index contributed by atoms with van der Waals surface area (Å²) in [7, 11) is 0. The van der Waals surface area contributed by atoms with Crippen LogP contribution in [-0.4, -0.2) is 28.9 Å². The number of pyridine rings is 1. The molecule has 0 saturated heterocycles. The van der Waals surface area contributed by atoms with E-state index in [1.54, 1.807) is 0 Å². The summed E-state index contributed by atoms with van der Waals surface area (Å²) >= 11 is 0. The van der Waals surface area contributed by atoms with Crippen LogP contribution in [0.15, 0.2) is 194 Å². The van der Waals surface area contributed by atoms with Crippen LogP contribution in [0, 0.1) is 0 Å². The fourth-order valence-corrected chi connectivity index (χ4v) is 8.71. The molecule has 0 unspecified atom stereocenters. The topological polar surface area (TPSA) is 60.9 Å². The Labute approximate surface area is 333 Å². The molecule has 0 spiro atoms. The number of imidazole rings is 1. The lowest BCUT2D eigenvalue weighted by molar-refractivity contribution is 1.07. The fourth-order valence-electron chi connectivity index (χ4n) is 8.71. The third kappa shape index (κ3) is 4.98. The van der Waals surface area contributed by atoms with Crippen LogP contribution in [0.2, 0.25) is 0 Å². The third-order valence-electron chi connectivity index (χ3n) is 11.3. The number of fused-ring (bicyclic) bond motifs is 12. The highest BCUT2D eigenvalue weighted by molar-refractivity contribution is 6.30. The van der Waals surface area contributed by atoms with E-state index in [2.05, 4.69) is 142 Å². The second kappa shape index (κ2) is 12.8. The van der Waals surface area contributed by atoms with Gasteiger partial charge in [0.05, 0.1) is 27.6 Å². The van der Waals surface area contributed by atoms with Crippen molar-refractivity contribution in [3.05, 3.63) is 194 Å². The lowest BCUT2D eigenvalue weighted by Crippen LogP contribution is -2.00. The van der Waals surface area contributed by atoms with Crippen molar-refractivity contribution in [2.75, 3.05) is 0 Å². The van der Waals surface area contributed by atoms with Crippen LogP contribution < -0.4 is 0 Å². The van der Waals surface area contributed by atoms with Crippen LogP contribution in [0.5, 0.6) is 0 Å². The van der Waals surface area contributed by atoms with Gasteiger partial charge in [-0.3, -0.25) is 4.40 Å². The summed E-state index contributed by atoms with van der Waals surface area (Å²) in [5, 5.41) is 6.02. The van der Waals surface area contributed by atoms with E-state index in [1.807, 2.05) is 60.7 Å². The Hall–Kier alpha value is -7.96. The van der Waals surface area contributed by atoms with Crippen molar-refractivity contribution in [3.63, 3.8) is 0 Å². The first kappa shape index (κ1) is 32.3. The smallest absolute Gasteiger partial charge is 0.164 e. The van der Waals surface area contributed by atoms with E-state index >= 15 is 0 Å². The van der Waals surface area contributed by atoms with Gasteiger partial charge in [-0.05, 0) is 59.7 Å². The summed E-state index contributed by atoms with van der Waals surface area (Å²) < 4.78 is 4.72. The Morgan fingerprint density at radius 3 is 1.53 bits per heavy atom. The molecule has 0 fully saturated rings. The molecule has 0 radical (unpaired) electrons. The minimum Gasteiger partial charge on any atom is -0.309 e. The molecule has 0 bridgehead atoms. The van der Waals surface area contributed by atoms with Crippen LogP contribution in [0.25, 0.3) is 111 Å². The van der Waals surface area contributed by atoms with Gasteiger partial charge >= 0.3 is 0 Å². The molecule has 58 heavy (non-hydrogen) atoms. The molecule has 4 heterocycles. The van der Waals surface area contributed by atoms with Gasteiger partial charge in [-0.2, -0.15) is 0 Å². The second-order valence-corrected chi connectivity index (χ2v) is 14.7. The normalized spacial score (nSPS) is 11.8. The molecule has 8 aromatic carbocycles. The Bertz CT molecular complexity index is 3490. The maximum absolute atomic E-state index is 5.20. The van der Waals surface area contributed by atoms with E-state index in [1.165, 1.54) is 21.5 Å². The number of rotatable bonds is 5. The SMILES string of the molecule is c1ccc(-c2nc(-c3ccccc3)nc(-c3ccc(-c4cccc(-n5c6ccccc6c6c7c8ccccc8n8c9ccccc9nc8c7ccc65)c4)cc3)n2)cc1. The average molecular weight is 741 g/mol. The molecule has 0 aliphatic rings. The maximum atomic E-state index is 5.20. The van der Waals surface area contributed by atoms with Crippen molar-refractivity contribution >= 4 is 60.2 Å². The lowest BCUT2D eigenvalue weighted by Gasteiger charge is -2.13. The van der Waals surface area contributed by atoms with E-state index in [9.17, 15) is 0 Å². The summed E-state index contributed by atoms with van der Waals surface area (Å²) in [5.74, 6) is 1.94. The quantitative estimate of drug-likeness (QED) is 0.165. The van der Waals surface area contributed by atoms with Gasteiger partial charge in [0.2, 0.25) is 0 Å². The predicted octanol–water partition coefficient (Wildman–Crippen LogP) is 12.7. The highest BCUT2D eigenvalue weighted by Gasteiger charge is 2.20. The minimum atomic E-state index is 0.638.